The van der Waals surface area contributed by atoms with E-state index in [1.165, 1.54) is 27.6 Å². The minimum absolute atomic E-state index is 0.619. The fraction of sp³-hybridized carbons (Fsp3) is 0.429. The second kappa shape index (κ2) is 3.86. The first kappa shape index (κ1) is 10.8. The molecule has 0 saturated carbocycles. The lowest BCUT2D eigenvalue weighted by molar-refractivity contribution is 0.301. The van der Waals surface area contributed by atoms with Crippen molar-refractivity contribution in [3.8, 4) is 0 Å². The molecule has 17 heavy (non-hydrogen) atoms. The number of aromatic nitrogens is 1. The molecule has 0 spiro atoms. The number of hydrogen-bond acceptors (Lipinski definition) is 2. The van der Waals surface area contributed by atoms with Gasteiger partial charge in [0.2, 0.25) is 0 Å². The third-order valence-corrected chi connectivity index (χ3v) is 3.85. The first-order valence-corrected chi connectivity index (χ1v) is 6.25. The first-order chi connectivity index (χ1) is 8.22. The van der Waals surface area contributed by atoms with E-state index < -0.39 is 0 Å². The smallest absolute Gasteiger partial charge is 0.0484 e. The SMILES string of the molecule is CCN1Cc2cc3c(CN)cn(C)c3cc2C1. The maximum atomic E-state index is 5.80. The maximum Gasteiger partial charge on any atom is 0.0484 e. The molecule has 1 aromatic heterocycles. The Labute approximate surface area is 102 Å². The van der Waals surface area contributed by atoms with Gasteiger partial charge >= 0.3 is 0 Å². The van der Waals surface area contributed by atoms with Crippen LogP contribution in [0.25, 0.3) is 10.9 Å². The summed E-state index contributed by atoms with van der Waals surface area (Å²) in [5.41, 5.74) is 11.3. The minimum Gasteiger partial charge on any atom is -0.350 e. The van der Waals surface area contributed by atoms with Crippen LogP contribution < -0.4 is 5.73 Å². The van der Waals surface area contributed by atoms with Crippen molar-refractivity contribution in [2.75, 3.05) is 6.54 Å². The predicted molar refractivity (Wildman–Crippen MR) is 70.6 cm³/mol. The Morgan fingerprint density at radius 3 is 2.59 bits per heavy atom. The number of hydrogen-bond donors (Lipinski definition) is 1. The van der Waals surface area contributed by atoms with E-state index in [2.05, 4.69) is 41.8 Å². The number of fused-ring (bicyclic) bond motifs is 2. The number of nitrogens with two attached hydrogens (primary N) is 1. The van der Waals surface area contributed by atoms with Gasteiger partial charge in [-0.25, -0.2) is 0 Å². The van der Waals surface area contributed by atoms with E-state index in [9.17, 15) is 0 Å². The van der Waals surface area contributed by atoms with Gasteiger partial charge in [0.25, 0.3) is 0 Å². The average molecular weight is 229 g/mol. The van der Waals surface area contributed by atoms with Crippen molar-refractivity contribution < 1.29 is 0 Å². The minimum atomic E-state index is 0.619. The van der Waals surface area contributed by atoms with Crippen molar-refractivity contribution in [3.63, 3.8) is 0 Å². The van der Waals surface area contributed by atoms with Gasteiger partial charge < -0.3 is 10.3 Å². The summed E-state index contributed by atoms with van der Waals surface area (Å²) in [4.78, 5) is 2.46. The summed E-state index contributed by atoms with van der Waals surface area (Å²) in [6, 6.07) is 4.67. The lowest BCUT2D eigenvalue weighted by atomic mass is 10.1. The highest BCUT2D eigenvalue weighted by molar-refractivity contribution is 5.85. The van der Waals surface area contributed by atoms with Crippen LogP contribution in [0.5, 0.6) is 0 Å². The molecule has 1 aromatic carbocycles. The Morgan fingerprint density at radius 2 is 1.94 bits per heavy atom. The monoisotopic (exact) mass is 229 g/mol. The second-order valence-corrected chi connectivity index (χ2v) is 4.91. The van der Waals surface area contributed by atoms with E-state index >= 15 is 0 Å². The topological polar surface area (TPSA) is 34.2 Å². The quantitative estimate of drug-likeness (QED) is 0.854. The molecule has 0 radical (unpaired) electrons. The van der Waals surface area contributed by atoms with Crippen molar-refractivity contribution in [3.05, 3.63) is 35.0 Å². The van der Waals surface area contributed by atoms with E-state index in [1.807, 2.05) is 0 Å². The van der Waals surface area contributed by atoms with E-state index in [1.54, 1.807) is 0 Å². The van der Waals surface area contributed by atoms with Crippen LogP contribution in [0.15, 0.2) is 18.3 Å². The van der Waals surface area contributed by atoms with E-state index in [0.717, 1.165) is 19.6 Å². The van der Waals surface area contributed by atoms with Crippen molar-refractivity contribution in [2.24, 2.45) is 12.8 Å². The third kappa shape index (κ3) is 1.58. The zero-order chi connectivity index (χ0) is 12.0. The molecule has 0 aliphatic carbocycles. The van der Waals surface area contributed by atoms with Gasteiger partial charge in [0, 0.05) is 43.8 Å². The van der Waals surface area contributed by atoms with Crippen molar-refractivity contribution in [1.29, 1.82) is 0 Å². The second-order valence-electron chi connectivity index (χ2n) is 4.91. The molecule has 0 fully saturated rings. The van der Waals surface area contributed by atoms with Crippen LogP contribution in [0, 0.1) is 0 Å². The molecule has 90 valence electrons. The Hall–Kier alpha value is -1.32. The number of rotatable bonds is 2. The van der Waals surface area contributed by atoms with Crippen LogP contribution in [0.4, 0.5) is 0 Å². The average Bonchev–Trinajstić information content (AvgIpc) is 2.88. The zero-order valence-corrected chi connectivity index (χ0v) is 10.5. The Kier molecular flexibility index (Phi) is 2.45. The number of aryl methyl sites for hydroxylation is 1. The standard InChI is InChI=1S/C14H19N3/c1-3-17-8-10-4-13-12(6-15)7-16(2)14(13)5-11(10)9-17/h4-5,7H,3,6,8-9,15H2,1-2H3. The molecular formula is C14H19N3. The van der Waals surface area contributed by atoms with E-state index in [4.69, 9.17) is 5.73 Å². The molecule has 2 heterocycles. The third-order valence-electron chi connectivity index (χ3n) is 3.85. The highest BCUT2D eigenvalue weighted by atomic mass is 15.1. The summed E-state index contributed by atoms with van der Waals surface area (Å²) < 4.78 is 2.19. The van der Waals surface area contributed by atoms with Crippen LogP contribution >= 0.6 is 0 Å². The van der Waals surface area contributed by atoms with Crippen LogP contribution in [0.1, 0.15) is 23.6 Å². The molecule has 0 saturated heterocycles. The van der Waals surface area contributed by atoms with Gasteiger partial charge in [0.1, 0.15) is 0 Å². The van der Waals surface area contributed by atoms with Gasteiger partial charge in [-0.1, -0.05) is 6.92 Å². The lowest BCUT2D eigenvalue weighted by Crippen LogP contribution is -2.14. The fourth-order valence-electron chi connectivity index (χ4n) is 2.82. The molecule has 2 aromatic rings. The van der Waals surface area contributed by atoms with Crippen molar-refractivity contribution >= 4 is 10.9 Å². The molecular weight excluding hydrogens is 210 g/mol. The lowest BCUT2D eigenvalue weighted by Gasteiger charge is -2.09. The van der Waals surface area contributed by atoms with Crippen molar-refractivity contribution in [2.45, 2.75) is 26.6 Å². The largest absolute Gasteiger partial charge is 0.350 e. The van der Waals surface area contributed by atoms with Crippen LogP contribution in [0.2, 0.25) is 0 Å². The predicted octanol–water partition coefficient (Wildman–Crippen LogP) is 1.97. The number of nitrogens with zero attached hydrogens (tertiary/aromatic N) is 2. The fourth-order valence-corrected chi connectivity index (χ4v) is 2.82. The van der Waals surface area contributed by atoms with Crippen LogP contribution in [-0.4, -0.2) is 16.0 Å². The summed E-state index contributed by atoms with van der Waals surface area (Å²) >= 11 is 0. The van der Waals surface area contributed by atoms with Crippen molar-refractivity contribution in [1.82, 2.24) is 9.47 Å². The molecule has 1 aliphatic rings. The summed E-state index contributed by atoms with van der Waals surface area (Å²) in [7, 11) is 2.10. The summed E-state index contributed by atoms with van der Waals surface area (Å²) in [6.45, 7) is 6.13. The summed E-state index contributed by atoms with van der Waals surface area (Å²) in [5.74, 6) is 0. The van der Waals surface area contributed by atoms with Gasteiger partial charge in [0.05, 0.1) is 0 Å². The Morgan fingerprint density at radius 1 is 1.24 bits per heavy atom. The van der Waals surface area contributed by atoms with Gasteiger partial charge in [-0.3, -0.25) is 4.90 Å². The van der Waals surface area contributed by atoms with Gasteiger partial charge in [-0.05, 0) is 35.4 Å². The number of benzene rings is 1. The summed E-state index contributed by atoms with van der Waals surface area (Å²) in [6.07, 6.45) is 2.15. The molecule has 2 N–H and O–H groups in total. The zero-order valence-electron chi connectivity index (χ0n) is 10.5. The van der Waals surface area contributed by atoms with E-state index in [-0.39, 0.29) is 0 Å². The normalized spacial score (nSPS) is 15.7. The van der Waals surface area contributed by atoms with Gasteiger partial charge in [0.15, 0.2) is 0 Å². The van der Waals surface area contributed by atoms with Gasteiger partial charge in [-0.2, -0.15) is 0 Å². The maximum absolute atomic E-state index is 5.80. The van der Waals surface area contributed by atoms with E-state index in [0.29, 0.717) is 6.54 Å². The molecule has 3 rings (SSSR count). The summed E-state index contributed by atoms with van der Waals surface area (Å²) in [5, 5.41) is 1.33. The molecule has 0 bridgehead atoms. The highest BCUT2D eigenvalue weighted by Crippen LogP contribution is 2.30. The Bertz CT molecular complexity index is 568. The molecule has 3 heteroatoms. The first-order valence-electron chi connectivity index (χ1n) is 6.25. The van der Waals surface area contributed by atoms with Crippen LogP contribution in [-0.2, 0) is 26.7 Å². The molecule has 1 aliphatic heterocycles. The Balaban J connectivity index is 2.17. The molecule has 0 unspecified atom stereocenters. The van der Waals surface area contributed by atoms with Crippen LogP contribution in [0.3, 0.4) is 0 Å². The molecule has 3 nitrogen and oxygen atoms in total. The molecule has 0 amide bonds. The van der Waals surface area contributed by atoms with Gasteiger partial charge in [-0.15, -0.1) is 0 Å². The molecule has 0 atom stereocenters. The highest BCUT2D eigenvalue weighted by Gasteiger charge is 2.19.